The van der Waals surface area contributed by atoms with Gasteiger partial charge in [-0.1, -0.05) is 37.8 Å². The van der Waals surface area contributed by atoms with Crippen LogP contribution in [0.4, 0.5) is 5.82 Å². The fourth-order valence-corrected chi connectivity index (χ4v) is 3.32. The standard InChI is InChI=1S/C16H26ClN3/c1-3-18-11-13-10-15(17)16(19-12-13)20(4-2)14-8-6-5-7-9-14/h10,12,14,18H,3-9,11H2,1-2H3. The van der Waals surface area contributed by atoms with Gasteiger partial charge in [0.2, 0.25) is 0 Å². The number of nitrogens with zero attached hydrogens (tertiary/aromatic N) is 2. The van der Waals surface area contributed by atoms with Gasteiger partial charge in [0.1, 0.15) is 5.82 Å². The van der Waals surface area contributed by atoms with Gasteiger partial charge in [-0.3, -0.25) is 0 Å². The van der Waals surface area contributed by atoms with E-state index in [9.17, 15) is 0 Å². The Morgan fingerprint density at radius 1 is 1.30 bits per heavy atom. The second-order valence-electron chi connectivity index (χ2n) is 5.51. The van der Waals surface area contributed by atoms with Crippen LogP contribution < -0.4 is 10.2 Å². The number of hydrogen-bond donors (Lipinski definition) is 1. The van der Waals surface area contributed by atoms with Crippen LogP contribution in [-0.4, -0.2) is 24.1 Å². The number of pyridine rings is 1. The Morgan fingerprint density at radius 3 is 2.65 bits per heavy atom. The molecule has 0 atom stereocenters. The highest BCUT2D eigenvalue weighted by atomic mass is 35.5. The fraction of sp³-hybridized carbons (Fsp3) is 0.688. The molecule has 0 saturated heterocycles. The minimum absolute atomic E-state index is 0.610. The normalized spacial score (nSPS) is 16.4. The highest BCUT2D eigenvalue weighted by Crippen LogP contribution is 2.30. The van der Waals surface area contributed by atoms with Crippen molar-refractivity contribution in [2.24, 2.45) is 0 Å². The zero-order valence-corrected chi connectivity index (χ0v) is 13.4. The quantitative estimate of drug-likeness (QED) is 0.860. The second kappa shape index (κ2) is 7.84. The first-order valence-corrected chi connectivity index (χ1v) is 8.25. The molecule has 0 unspecified atom stereocenters. The van der Waals surface area contributed by atoms with Gasteiger partial charge >= 0.3 is 0 Å². The molecule has 0 aliphatic heterocycles. The van der Waals surface area contributed by atoms with E-state index in [2.05, 4.69) is 35.1 Å². The van der Waals surface area contributed by atoms with Gasteiger partial charge in [0.25, 0.3) is 0 Å². The van der Waals surface area contributed by atoms with Crippen molar-refractivity contribution in [3.05, 3.63) is 22.8 Å². The van der Waals surface area contributed by atoms with Crippen molar-refractivity contribution in [3.63, 3.8) is 0 Å². The lowest BCUT2D eigenvalue weighted by Crippen LogP contribution is -2.37. The summed E-state index contributed by atoms with van der Waals surface area (Å²) in [5, 5.41) is 4.09. The molecule has 4 heteroatoms. The first-order valence-electron chi connectivity index (χ1n) is 7.88. The molecule has 1 aromatic heterocycles. The van der Waals surface area contributed by atoms with Crippen molar-refractivity contribution < 1.29 is 0 Å². The zero-order chi connectivity index (χ0) is 14.4. The molecular weight excluding hydrogens is 270 g/mol. The molecule has 0 spiro atoms. The topological polar surface area (TPSA) is 28.2 Å². The third kappa shape index (κ3) is 3.86. The summed E-state index contributed by atoms with van der Waals surface area (Å²) in [5.41, 5.74) is 1.15. The fourth-order valence-electron chi connectivity index (χ4n) is 3.02. The average Bonchev–Trinajstić information content (AvgIpc) is 2.49. The Labute approximate surface area is 127 Å². The van der Waals surface area contributed by atoms with E-state index in [-0.39, 0.29) is 0 Å². The lowest BCUT2D eigenvalue weighted by Gasteiger charge is -2.35. The Hall–Kier alpha value is -0.800. The zero-order valence-electron chi connectivity index (χ0n) is 12.7. The van der Waals surface area contributed by atoms with Crippen molar-refractivity contribution in [3.8, 4) is 0 Å². The van der Waals surface area contributed by atoms with Gasteiger partial charge < -0.3 is 10.2 Å². The minimum Gasteiger partial charge on any atom is -0.353 e. The van der Waals surface area contributed by atoms with E-state index in [0.717, 1.165) is 36.0 Å². The van der Waals surface area contributed by atoms with Crippen LogP contribution in [0, 0.1) is 0 Å². The van der Waals surface area contributed by atoms with Gasteiger partial charge in [-0.2, -0.15) is 0 Å². The minimum atomic E-state index is 0.610. The number of anilines is 1. The van der Waals surface area contributed by atoms with Gasteiger partial charge in [0, 0.05) is 25.3 Å². The summed E-state index contributed by atoms with van der Waals surface area (Å²) in [6, 6.07) is 2.66. The number of rotatable bonds is 6. The van der Waals surface area contributed by atoms with Crippen LogP contribution in [-0.2, 0) is 6.54 Å². The molecule has 0 aromatic carbocycles. The summed E-state index contributed by atoms with van der Waals surface area (Å²) in [6.07, 6.45) is 8.52. The molecule has 0 amide bonds. The molecule has 112 valence electrons. The molecule has 1 saturated carbocycles. The Kier molecular flexibility index (Phi) is 6.11. The maximum Gasteiger partial charge on any atom is 0.147 e. The Morgan fingerprint density at radius 2 is 2.05 bits per heavy atom. The number of aromatic nitrogens is 1. The largest absolute Gasteiger partial charge is 0.353 e. The SMILES string of the molecule is CCNCc1cnc(N(CC)C2CCCCC2)c(Cl)c1. The van der Waals surface area contributed by atoms with Gasteiger partial charge in [-0.25, -0.2) is 4.98 Å². The lowest BCUT2D eigenvalue weighted by atomic mass is 9.94. The molecule has 1 N–H and O–H groups in total. The lowest BCUT2D eigenvalue weighted by molar-refractivity contribution is 0.416. The van der Waals surface area contributed by atoms with Crippen LogP contribution in [0.2, 0.25) is 5.02 Å². The predicted molar refractivity (Wildman–Crippen MR) is 86.5 cm³/mol. The molecule has 3 nitrogen and oxygen atoms in total. The van der Waals surface area contributed by atoms with Crippen LogP contribution in [0.15, 0.2) is 12.3 Å². The highest BCUT2D eigenvalue weighted by molar-refractivity contribution is 6.33. The smallest absolute Gasteiger partial charge is 0.147 e. The summed E-state index contributed by atoms with van der Waals surface area (Å²) >= 11 is 6.47. The molecule has 1 heterocycles. The van der Waals surface area contributed by atoms with Crippen LogP contribution in [0.25, 0.3) is 0 Å². The maximum absolute atomic E-state index is 6.47. The van der Waals surface area contributed by atoms with E-state index in [1.807, 2.05) is 6.20 Å². The maximum atomic E-state index is 6.47. The molecule has 1 aliphatic rings. The van der Waals surface area contributed by atoms with Crippen LogP contribution in [0.1, 0.15) is 51.5 Å². The van der Waals surface area contributed by atoms with Crippen LogP contribution in [0.5, 0.6) is 0 Å². The molecule has 2 rings (SSSR count). The van der Waals surface area contributed by atoms with Gasteiger partial charge in [0.05, 0.1) is 5.02 Å². The average molecular weight is 296 g/mol. The van der Waals surface area contributed by atoms with Crippen molar-refractivity contribution in [1.82, 2.24) is 10.3 Å². The molecule has 0 radical (unpaired) electrons. The second-order valence-corrected chi connectivity index (χ2v) is 5.91. The number of halogens is 1. The predicted octanol–water partition coefficient (Wildman–Crippen LogP) is 4.00. The third-order valence-corrected chi connectivity index (χ3v) is 4.36. The molecule has 20 heavy (non-hydrogen) atoms. The molecule has 1 fully saturated rings. The number of nitrogens with one attached hydrogen (secondary N) is 1. The molecule has 0 bridgehead atoms. The number of hydrogen-bond acceptors (Lipinski definition) is 3. The van der Waals surface area contributed by atoms with Gasteiger partial charge in [0.15, 0.2) is 0 Å². The van der Waals surface area contributed by atoms with E-state index in [1.54, 1.807) is 0 Å². The van der Waals surface area contributed by atoms with Crippen molar-refractivity contribution in [2.75, 3.05) is 18.0 Å². The van der Waals surface area contributed by atoms with E-state index >= 15 is 0 Å². The van der Waals surface area contributed by atoms with Crippen molar-refractivity contribution >= 4 is 17.4 Å². The first kappa shape index (κ1) is 15.6. The Balaban J connectivity index is 2.12. The van der Waals surface area contributed by atoms with Crippen molar-refractivity contribution in [2.45, 2.75) is 58.5 Å². The molecular formula is C16H26ClN3. The van der Waals surface area contributed by atoms with Gasteiger partial charge in [-0.15, -0.1) is 0 Å². The van der Waals surface area contributed by atoms with E-state index in [1.165, 1.54) is 32.1 Å². The summed E-state index contributed by atoms with van der Waals surface area (Å²) in [4.78, 5) is 7.02. The third-order valence-electron chi connectivity index (χ3n) is 4.09. The summed E-state index contributed by atoms with van der Waals surface area (Å²) in [7, 11) is 0. The van der Waals surface area contributed by atoms with Crippen LogP contribution in [0.3, 0.4) is 0 Å². The monoisotopic (exact) mass is 295 g/mol. The Bertz CT molecular complexity index is 416. The summed E-state index contributed by atoms with van der Waals surface area (Å²) < 4.78 is 0. The van der Waals surface area contributed by atoms with Gasteiger partial charge in [-0.05, 0) is 37.9 Å². The van der Waals surface area contributed by atoms with E-state index in [4.69, 9.17) is 11.6 Å². The summed E-state index contributed by atoms with van der Waals surface area (Å²) in [6.45, 7) is 7.07. The first-order chi connectivity index (χ1) is 9.76. The van der Waals surface area contributed by atoms with Crippen LogP contribution >= 0.6 is 11.6 Å². The molecule has 1 aliphatic carbocycles. The van der Waals surface area contributed by atoms with E-state index in [0.29, 0.717) is 6.04 Å². The molecule has 1 aromatic rings. The van der Waals surface area contributed by atoms with E-state index < -0.39 is 0 Å². The highest BCUT2D eigenvalue weighted by Gasteiger charge is 2.22. The van der Waals surface area contributed by atoms with Crippen molar-refractivity contribution in [1.29, 1.82) is 0 Å². The summed E-state index contributed by atoms with van der Waals surface area (Å²) in [5.74, 6) is 0.960.